The molecule has 0 aromatic heterocycles. The molecule has 0 aliphatic rings. The summed E-state index contributed by atoms with van der Waals surface area (Å²) in [5.41, 5.74) is 1.33. The van der Waals surface area contributed by atoms with Crippen LogP contribution < -0.4 is 11.3 Å². The maximum atomic E-state index is 11.6. The Morgan fingerprint density at radius 1 is 1.46 bits per heavy atom. The zero-order chi connectivity index (χ0) is 10.7. The van der Waals surface area contributed by atoms with Gasteiger partial charge in [0.25, 0.3) is 0 Å². The van der Waals surface area contributed by atoms with Crippen LogP contribution in [0.25, 0.3) is 0 Å². The van der Waals surface area contributed by atoms with E-state index in [-0.39, 0.29) is 0 Å². The average molecular weight is 200 g/mol. The van der Waals surface area contributed by atoms with Gasteiger partial charge in [-0.1, -0.05) is 0 Å². The average Bonchev–Trinajstić information content (AvgIpc) is 1.98. The van der Waals surface area contributed by atoms with Gasteiger partial charge in [0.1, 0.15) is 6.61 Å². The molecule has 0 aromatic rings. The van der Waals surface area contributed by atoms with Crippen LogP contribution in [0.5, 0.6) is 0 Å². The minimum atomic E-state index is -4.95. The van der Waals surface area contributed by atoms with Crippen molar-refractivity contribution in [1.82, 2.24) is 5.43 Å². The molecule has 0 fully saturated rings. The standard InChI is InChI=1S/C6H11F3N2O2/c1-5(2,11-10)3-13-4(12)6(7,8)9/h11H,3,10H2,1-2H3. The molecule has 7 heteroatoms. The van der Waals surface area contributed by atoms with E-state index < -0.39 is 24.3 Å². The molecule has 0 rings (SSSR count). The summed E-state index contributed by atoms with van der Waals surface area (Å²) < 4.78 is 38.8. The maximum absolute atomic E-state index is 11.6. The van der Waals surface area contributed by atoms with Gasteiger partial charge in [-0.3, -0.25) is 11.3 Å². The first-order valence-electron chi connectivity index (χ1n) is 3.41. The lowest BCUT2D eigenvalue weighted by molar-refractivity contribution is -0.201. The summed E-state index contributed by atoms with van der Waals surface area (Å²) in [7, 11) is 0. The van der Waals surface area contributed by atoms with Gasteiger partial charge in [0.15, 0.2) is 0 Å². The highest BCUT2D eigenvalue weighted by Crippen LogP contribution is 2.17. The normalized spacial score (nSPS) is 12.8. The lowest BCUT2D eigenvalue weighted by Gasteiger charge is -2.22. The van der Waals surface area contributed by atoms with Gasteiger partial charge in [0, 0.05) is 0 Å². The molecular formula is C6H11F3N2O2. The Morgan fingerprint density at radius 2 is 1.92 bits per heavy atom. The summed E-state index contributed by atoms with van der Waals surface area (Å²) >= 11 is 0. The summed E-state index contributed by atoms with van der Waals surface area (Å²) in [5, 5.41) is 0. The smallest absolute Gasteiger partial charge is 0.457 e. The summed E-state index contributed by atoms with van der Waals surface area (Å²) in [6.07, 6.45) is -4.95. The predicted octanol–water partition coefficient (Wildman–Crippen LogP) is 0.334. The van der Waals surface area contributed by atoms with Crippen molar-refractivity contribution in [2.24, 2.45) is 5.84 Å². The van der Waals surface area contributed by atoms with E-state index in [2.05, 4.69) is 10.2 Å². The monoisotopic (exact) mass is 200 g/mol. The second-order valence-electron chi connectivity index (χ2n) is 3.10. The van der Waals surface area contributed by atoms with Crippen LogP contribution in [-0.2, 0) is 9.53 Å². The van der Waals surface area contributed by atoms with E-state index in [1.165, 1.54) is 13.8 Å². The fourth-order valence-corrected chi connectivity index (χ4v) is 0.369. The second kappa shape index (κ2) is 3.93. The molecule has 0 saturated carbocycles. The summed E-state index contributed by atoms with van der Waals surface area (Å²) in [5.74, 6) is 2.77. The number of esters is 1. The summed E-state index contributed by atoms with van der Waals surface area (Å²) in [6.45, 7) is 2.55. The Bertz CT molecular complexity index is 191. The predicted molar refractivity (Wildman–Crippen MR) is 38.4 cm³/mol. The number of carbonyl (C=O) groups excluding carboxylic acids is 1. The zero-order valence-corrected chi connectivity index (χ0v) is 7.23. The number of rotatable bonds is 3. The molecule has 78 valence electrons. The SMILES string of the molecule is CC(C)(COC(=O)C(F)(F)F)NN. The first-order chi connectivity index (χ1) is 5.69. The molecule has 3 N–H and O–H groups in total. The van der Waals surface area contributed by atoms with Gasteiger partial charge < -0.3 is 4.74 Å². The van der Waals surface area contributed by atoms with Crippen LogP contribution in [-0.4, -0.2) is 24.3 Å². The highest BCUT2D eigenvalue weighted by molar-refractivity contribution is 5.75. The summed E-state index contributed by atoms with van der Waals surface area (Å²) in [4.78, 5) is 10.2. The maximum Gasteiger partial charge on any atom is 0.490 e. The molecule has 4 nitrogen and oxygen atoms in total. The van der Waals surface area contributed by atoms with Crippen LogP contribution in [0.1, 0.15) is 13.8 Å². The fraction of sp³-hybridized carbons (Fsp3) is 0.833. The third kappa shape index (κ3) is 4.69. The number of nitrogens with one attached hydrogen (secondary N) is 1. The van der Waals surface area contributed by atoms with Crippen LogP contribution in [0.15, 0.2) is 0 Å². The van der Waals surface area contributed by atoms with Crippen LogP contribution >= 0.6 is 0 Å². The van der Waals surface area contributed by atoms with E-state index >= 15 is 0 Å². The number of alkyl halides is 3. The van der Waals surface area contributed by atoms with Crippen molar-refractivity contribution in [3.8, 4) is 0 Å². The highest BCUT2D eigenvalue weighted by atomic mass is 19.4. The Balaban J connectivity index is 3.98. The highest BCUT2D eigenvalue weighted by Gasteiger charge is 2.41. The van der Waals surface area contributed by atoms with Crippen LogP contribution in [0.4, 0.5) is 13.2 Å². The van der Waals surface area contributed by atoms with Gasteiger partial charge in [0.05, 0.1) is 5.54 Å². The van der Waals surface area contributed by atoms with Crippen molar-refractivity contribution >= 4 is 5.97 Å². The van der Waals surface area contributed by atoms with Crippen molar-refractivity contribution in [1.29, 1.82) is 0 Å². The fourth-order valence-electron chi connectivity index (χ4n) is 0.369. The van der Waals surface area contributed by atoms with Crippen LogP contribution in [0, 0.1) is 0 Å². The first-order valence-corrected chi connectivity index (χ1v) is 3.41. The Hall–Kier alpha value is -0.820. The van der Waals surface area contributed by atoms with E-state index in [4.69, 9.17) is 5.84 Å². The van der Waals surface area contributed by atoms with Gasteiger partial charge >= 0.3 is 12.1 Å². The molecule has 0 radical (unpaired) electrons. The van der Waals surface area contributed by atoms with E-state index in [1.807, 2.05) is 0 Å². The molecule has 0 amide bonds. The molecule has 0 heterocycles. The summed E-state index contributed by atoms with van der Waals surface area (Å²) in [6, 6.07) is 0. The number of nitrogens with two attached hydrogens (primary N) is 1. The Kier molecular flexibility index (Phi) is 3.68. The Morgan fingerprint density at radius 3 is 2.23 bits per heavy atom. The third-order valence-electron chi connectivity index (χ3n) is 1.19. The molecule has 0 saturated heterocycles. The Labute approximate surface area is 73.2 Å². The molecular weight excluding hydrogens is 189 g/mol. The quantitative estimate of drug-likeness (QED) is 0.391. The molecule has 0 aliphatic carbocycles. The van der Waals surface area contributed by atoms with Crippen molar-refractivity contribution in [3.05, 3.63) is 0 Å². The van der Waals surface area contributed by atoms with Gasteiger partial charge in [-0.05, 0) is 13.8 Å². The van der Waals surface area contributed by atoms with E-state index in [1.54, 1.807) is 0 Å². The van der Waals surface area contributed by atoms with Crippen molar-refractivity contribution in [2.45, 2.75) is 25.6 Å². The van der Waals surface area contributed by atoms with Crippen molar-refractivity contribution in [3.63, 3.8) is 0 Å². The van der Waals surface area contributed by atoms with Gasteiger partial charge in [-0.25, -0.2) is 4.79 Å². The van der Waals surface area contributed by atoms with E-state index in [0.717, 1.165) is 0 Å². The number of hydrogen-bond donors (Lipinski definition) is 2. The molecule has 0 atom stereocenters. The molecule has 0 aliphatic heterocycles. The number of ether oxygens (including phenoxy) is 1. The minimum absolute atomic E-state index is 0.443. The van der Waals surface area contributed by atoms with Crippen LogP contribution in [0.3, 0.4) is 0 Å². The van der Waals surface area contributed by atoms with Gasteiger partial charge in [-0.15, -0.1) is 0 Å². The number of hydrazine groups is 1. The van der Waals surface area contributed by atoms with Crippen LogP contribution in [0.2, 0.25) is 0 Å². The lowest BCUT2D eigenvalue weighted by atomic mass is 10.1. The number of halogens is 3. The van der Waals surface area contributed by atoms with Gasteiger partial charge in [0.2, 0.25) is 0 Å². The number of carbonyl (C=O) groups is 1. The molecule has 13 heavy (non-hydrogen) atoms. The molecule has 0 spiro atoms. The lowest BCUT2D eigenvalue weighted by Crippen LogP contribution is -2.48. The molecule has 0 unspecified atom stereocenters. The minimum Gasteiger partial charge on any atom is -0.457 e. The molecule has 0 bridgehead atoms. The van der Waals surface area contributed by atoms with E-state index in [9.17, 15) is 18.0 Å². The topological polar surface area (TPSA) is 64.3 Å². The second-order valence-corrected chi connectivity index (χ2v) is 3.10. The van der Waals surface area contributed by atoms with Gasteiger partial charge in [-0.2, -0.15) is 13.2 Å². The third-order valence-corrected chi connectivity index (χ3v) is 1.19. The number of hydrogen-bond acceptors (Lipinski definition) is 4. The molecule has 0 aromatic carbocycles. The van der Waals surface area contributed by atoms with E-state index in [0.29, 0.717) is 0 Å². The largest absolute Gasteiger partial charge is 0.490 e. The zero-order valence-electron chi connectivity index (χ0n) is 7.23. The van der Waals surface area contributed by atoms with Crippen molar-refractivity contribution < 1.29 is 22.7 Å². The first kappa shape index (κ1) is 12.2. The van der Waals surface area contributed by atoms with Crippen molar-refractivity contribution in [2.75, 3.05) is 6.61 Å².